The van der Waals surface area contributed by atoms with E-state index in [0.29, 0.717) is 0 Å². The third kappa shape index (κ3) is 1.47. The Morgan fingerprint density at radius 1 is 1.43 bits per heavy atom. The first-order chi connectivity index (χ1) is 6.53. The summed E-state index contributed by atoms with van der Waals surface area (Å²) in [6, 6.07) is 0. The van der Waals surface area contributed by atoms with Gasteiger partial charge >= 0.3 is 5.97 Å². The molecule has 2 rings (SSSR count). The molecule has 0 heterocycles. The maximum atomic E-state index is 10.9. The van der Waals surface area contributed by atoms with Crippen LogP contribution in [0.15, 0.2) is 11.6 Å². The highest BCUT2D eigenvalue weighted by Gasteiger charge is 2.60. The van der Waals surface area contributed by atoms with E-state index in [1.807, 2.05) is 0 Å². The van der Waals surface area contributed by atoms with Crippen LogP contribution in [0.25, 0.3) is 0 Å². The zero-order valence-corrected chi connectivity index (χ0v) is 8.92. The maximum absolute atomic E-state index is 10.9. The summed E-state index contributed by atoms with van der Waals surface area (Å²) in [5, 5.41) is 9.00. The van der Waals surface area contributed by atoms with E-state index in [2.05, 4.69) is 19.9 Å². The van der Waals surface area contributed by atoms with Gasteiger partial charge in [-0.05, 0) is 37.0 Å². The molecule has 1 N–H and O–H groups in total. The maximum Gasteiger partial charge on any atom is 0.307 e. The van der Waals surface area contributed by atoms with Gasteiger partial charge in [-0.2, -0.15) is 0 Å². The molecule has 0 unspecified atom stereocenters. The lowest BCUT2D eigenvalue weighted by Gasteiger charge is -1.98. The van der Waals surface area contributed by atoms with Gasteiger partial charge in [0.05, 0.1) is 5.92 Å². The summed E-state index contributed by atoms with van der Waals surface area (Å²) >= 11 is 0. The molecule has 0 amide bonds. The molecule has 2 aliphatic rings. The number of hydrogen-bond acceptors (Lipinski definition) is 1. The lowest BCUT2D eigenvalue weighted by atomic mass is 10.1. The molecule has 0 saturated heterocycles. The Labute approximate surface area is 85.0 Å². The lowest BCUT2D eigenvalue weighted by Crippen LogP contribution is -2.03. The second kappa shape index (κ2) is 3.11. The molecule has 0 aromatic heterocycles. The van der Waals surface area contributed by atoms with Crippen LogP contribution in [0.5, 0.6) is 0 Å². The molecule has 2 heteroatoms. The van der Waals surface area contributed by atoms with Gasteiger partial charge in [-0.1, -0.05) is 25.5 Å². The van der Waals surface area contributed by atoms with Crippen LogP contribution < -0.4 is 0 Å². The van der Waals surface area contributed by atoms with Crippen LogP contribution in [0.1, 0.15) is 39.5 Å². The smallest absolute Gasteiger partial charge is 0.307 e. The molecule has 0 aromatic carbocycles. The second-order valence-electron chi connectivity index (χ2n) is 5.20. The highest BCUT2D eigenvalue weighted by molar-refractivity contribution is 5.76. The molecule has 0 aromatic rings. The molecule has 0 aliphatic heterocycles. The van der Waals surface area contributed by atoms with Crippen LogP contribution in [0.3, 0.4) is 0 Å². The molecule has 2 aliphatic carbocycles. The van der Waals surface area contributed by atoms with Crippen molar-refractivity contribution in [2.24, 2.45) is 17.3 Å². The quantitative estimate of drug-likeness (QED) is 0.686. The Balaban J connectivity index is 2.07. The van der Waals surface area contributed by atoms with Gasteiger partial charge in [0.1, 0.15) is 0 Å². The molecule has 0 radical (unpaired) electrons. The Kier molecular flexibility index (Phi) is 2.17. The lowest BCUT2D eigenvalue weighted by molar-refractivity contribution is -0.139. The number of allylic oxidation sites excluding steroid dienone is 2. The Bertz CT molecular complexity index is 281. The summed E-state index contributed by atoms with van der Waals surface area (Å²) in [5.41, 5.74) is 1.48. The fourth-order valence-corrected chi connectivity index (χ4v) is 2.71. The summed E-state index contributed by atoms with van der Waals surface area (Å²) in [7, 11) is 0. The highest BCUT2D eigenvalue weighted by atomic mass is 16.4. The summed E-state index contributed by atoms with van der Waals surface area (Å²) < 4.78 is 0. The first kappa shape index (κ1) is 9.75. The number of aliphatic carboxylic acids is 1. The van der Waals surface area contributed by atoms with Crippen molar-refractivity contribution in [3.63, 3.8) is 0 Å². The van der Waals surface area contributed by atoms with E-state index in [-0.39, 0.29) is 17.3 Å². The van der Waals surface area contributed by atoms with Crippen LogP contribution in [-0.2, 0) is 4.79 Å². The van der Waals surface area contributed by atoms with Crippen molar-refractivity contribution in [1.82, 2.24) is 0 Å². The number of rotatable bonds is 2. The van der Waals surface area contributed by atoms with Crippen LogP contribution in [-0.4, -0.2) is 11.1 Å². The average molecular weight is 194 g/mol. The molecule has 78 valence electrons. The van der Waals surface area contributed by atoms with Gasteiger partial charge in [-0.3, -0.25) is 4.79 Å². The van der Waals surface area contributed by atoms with E-state index >= 15 is 0 Å². The largest absolute Gasteiger partial charge is 0.481 e. The molecule has 14 heavy (non-hydrogen) atoms. The van der Waals surface area contributed by atoms with Crippen molar-refractivity contribution >= 4 is 5.97 Å². The highest BCUT2D eigenvalue weighted by Crippen LogP contribution is 2.59. The fourth-order valence-electron chi connectivity index (χ4n) is 2.71. The minimum absolute atomic E-state index is 0.0125. The first-order valence-corrected chi connectivity index (χ1v) is 5.46. The first-order valence-electron chi connectivity index (χ1n) is 5.46. The van der Waals surface area contributed by atoms with Gasteiger partial charge in [0.15, 0.2) is 0 Å². The molecule has 2 saturated carbocycles. The second-order valence-corrected chi connectivity index (χ2v) is 5.20. The van der Waals surface area contributed by atoms with Gasteiger partial charge in [0, 0.05) is 0 Å². The van der Waals surface area contributed by atoms with E-state index in [0.717, 1.165) is 0 Å². The van der Waals surface area contributed by atoms with Gasteiger partial charge < -0.3 is 5.11 Å². The van der Waals surface area contributed by atoms with E-state index in [1.54, 1.807) is 0 Å². The van der Waals surface area contributed by atoms with E-state index in [1.165, 1.54) is 31.3 Å². The monoisotopic (exact) mass is 194 g/mol. The van der Waals surface area contributed by atoms with Crippen molar-refractivity contribution in [3.8, 4) is 0 Å². The van der Waals surface area contributed by atoms with Crippen LogP contribution in [0, 0.1) is 17.3 Å². The molecule has 0 bridgehead atoms. The van der Waals surface area contributed by atoms with Crippen molar-refractivity contribution in [1.29, 1.82) is 0 Å². The molecular weight excluding hydrogens is 176 g/mol. The third-order valence-electron chi connectivity index (χ3n) is 3.84. The summed E-state index contributed by atoms with van der Waals surface area (Å²) in [5.74, 6) is -0.487. The van der Waals surface area contributed by atoms with E-state index in [9.17, 15) is 4.79 Å². The average Bonchev–Trinajstić information content (AvgIpc) is 2.50. The van der Waals surface area contributed by atoms with Crippen molar-refractivity contribution in [2.45, 2.75) is 39.5 Å². The summed E-state index contributed by atoms with van der Waals surface area (Å²) in [4.78, 5) is 10.9. The van der Waals surface area contributed by atoms with Gasteiger partial charge in [-0.25, -0.2) is 0 Å². The standard InChI is InChI=1S/C12H18O2/c1-12(2)9(10(12)11(13)14)7-8-5-3-4-6-8/h7,9-10H,3-6H2,1-2H3,(H,13,14)/t9-,10-/m1/s1. The Morgan fingerprint density at radius 3 is 2.43 bits per heavy atom. The number of carboxylic acid groups (broad SMARTS) is 1. The van der Waals surface area contributed by atoms with Crippen LogP contribution in [0.2, 0.25) is 0 Å². The normalized spacial score (nSPS) is 34.3. The fraction of sp³-hybridized carbons (Fsp3) is 0.750. The van der Waals surface area contributed by atoms with Gasteiger partial charge in [0.2, 0.25) is 0 Å². The molecule has 2 nitrogen and oxygen atoms in total. The third-order valence-corrected chi connectivity index (χ3v) is 3.84. The minimum atomic E-state index is -0.630. The SMILES string of the molecule is CC1(C)[C@H](C=C2CCCC2)[C@@H]1C(=O)O. The van der Waals surface area contributed by atoms with E-state index in [4.69, 9.17) is 5.11 Å². The van der Waals surface area contributed by atoms with Crippen LogP contribution >= 0.6 is 0 Å². The molecule has 2 atom stereocenters. The van der Waals surface area contributed by atoms with Gasteiger partial charge in [0.25, 0.3) is 0 Å². The minimum Gasteiger partial charge on any atom is -0.481 e. The Morgan fingerprint density at radius 2 is 2.00 bits per heavy atom. The van der Waals surface area contributed by atoms with Crippen molar-refractivity contribution < 1.29 is 9.90 Å². The predicted octanol–water partition coefficient (Wildman–Crippen LogP) is 2.84. The number of carboxylic acids is 1. The van der Waals surface area contributed by atoms with Crippen molar-refractivity contribution in [3.05, 3.63) is 11.6 Å². The van der Waals surface area contributed by atoms with Gasteiger partial charge in [-0.15, -0.1) is 0 Å². The topological polar surface area (TPSA) is 37.3 Å². The van der Waals surface area contributed by atoms with Crippen LogP contribution in [0.4, 0.5) is 0 Å². The van der Waals surface area contributed by atoms with Crippen molar-refractivity contribution in [2.75, 3.05) is 0 Å². The molecular formula is C12H18O2. The Hall–Kier alpha value is -0.790. The number of hydrogen-bond donors (Lipinski definition) is 1. The number of carbonyl (C=O) groups is 1. The zero-order valence-electron chi connectivity index (χ0n) is 8.92. The molecule has 0 spiro atoms. The molecule has 2 fully saturated rings. The summed E-state index contributed by atoms with van der Waals surface area (Å²) in [6.45, 7) is 4.12. The predicted molar refractivity (Wildman–Crippen MR) is 54.9 cm³/mol. The van der Waals surface area contributed by atoms with E-state index < -0.39 is 5.97 Å². The zero-order chi connectivity index (χ0) is 10.3. The summed E-state index contributed by atoms with van der Waals surface area (Å²) in [6.07, 6.45) is 7.21.